The molecular formula is C14H14BrN3O. The highest BCUT2D eigenvalue weighted by atomic mass is 79.9. The summed E-state index contributed by atoms with van der Waals surface area (Å²) in [6.45, 7) is 0. The molecule has 1 aromatic heterocycles. The van der Waals surface area contributed by atoms with Gasteiger partial charge in [0.05, 0.1) is 0 Å². The van der Waals surface area contributed by atoms with Crippen LogP contribution < -0.4 is 5.32 Å². The van der Waals surface area contributed by atoms with Crippen LogP contribution in [0.3, 0.4) is 0 Å². The standard InChI is InChI=1S/C14H14BrN3O/c1-18-7-6-13(17-18)16-14(19)12-8-11(12)9-2-4-10(15)5-3-9/h2-7,11-12H,8H2,1H3,(H,16,17,19)/t11-,12+/m1/s1. The third kappa shape index (κ3) is 2.71. The van der Waals surface area contributed by atoms with Gasteiger partial charge in [-0.15, -0.1) is 0 Å². The van der Waals surface area contributed by atoms with Gasteiger partial charge in [0.15, 0.2) is 5.82 Å². The number of rotatable bonds is 3. The van der Waals surface area contributed by atoms with Crippen molar-refractivity contribution in [3.8, 4) is 0 Å². The molecule has 98 valence electrons. The Kier molecular flexibility index (Phi) is 3.14. The summed E-state index contributed by atoms with van der Waals surface area (Å²) < 4.78 is 2.74. The Morgan fingerprint density at radius 2 is 2.11 bits per heavy atom. The molecule has 0 radical (unpaired) electrons. The van der Waals surface area contributed by atoms with E-state index in [0.29, 0.717) is 11.7 Å². The summed E-state index contributed by atoms with van der Waals surface area (Å²) in [7, 11) is 1.83. The second kappa shape index (κ2) is 4.81. The van der Waals surface area contributed by atoms with Crippen molar-refractivity contribution < 1.29 is 4.79 Å². The summed E-state index contributed by atoms with van der Waals surface area (Å²) in [6, 6.07) is 9.98. The topological polar surface area (TPSA) is 46.9 Å². The van der Waals surface area contributed by atoms with Crippen LogP contribution in [0.4, 0.5) is 5.82 Å². The molecule has 1 amide bonds. The summed E-state index contributed by atoms with van der Waals surface area (Å²) in [5.74, 6) is 1.10. The summed E-state index contributed by atoms with van der Waals surface area (Å²) in [5, 5.41) is 7.00. The molecule has 3 rings (SSSR count). The van der Waals surface area contributed by atoms with Gasteiger partial charge >= 0.3 is 0 Å². The first-order valence-corrected chi connectivity index (χ1v) is 6.99. The fourth-order valence-electron chi connectivity index (χ4n) is 2.26. The van der Waals surface area contributed by atoms with Gasteiger partial charge in [-0.2, -0.15) is 5.10 Å². The molecule has 0 bridgehead atoms. The van der Waals surface area contributed by atoms with E-state index in [4.69, 9.17) is 0 Å². The molecule has 2 atom stereocenters. The van der Waals surface area contributed by atoms with Gasteiger partial charge in [-0.3, -0.25) is 9.48 Å². The lowest BCUT2D eigenvalue weighted by Crippen LogP contribution is -2.15. The molecule has 1 saturated carbocycles. The number of carbonyl (C=O) groups is 1. The number of aromatic nitrogens is 2. The fraction of sp³-hybridized carbons (Fsp3) is 0.286. The molecule has 1 fully saturated rings. The zero-order valence-electron chi connectivity index (χ0n) is 10.5. The van der Waals surface area contributed by atoms with Crippen molar-refractivity contribution in [1.29, 1.82) is 0 Å². The summed E-state index contributed by atoms with van der Waals surface area (Å²) in [4.78, 5) is 12.1. The Morgan fingerprint density at radius 3 is 2.74 bits per heavy atom. The average molecular weight is 320 g/mol. The fourth-order valence-corrected chi connectivity index (χ4v) is 2.53. The monoisotopic (exact) mass is 319 g/mol. The number of aryl methyl sites for hydroxylation is 1. The lowest BCUT2D eigenvalue weighted by atomic mass is 10.1. The van der Waals surface area contributed by atoms with Crippen LogP contribution in [0.25, 0.3) is 0 Å². The Balaban J connectivity index is 1.63. The van der Waals surface area contributed by atoms with E-state index in [0.717, 1.165) is 10.9 Å². The van der Waals surface area contributed by atoms with Gasteiger partial charge in [0, 0.05) is 29.7 Å². The summed E-state index contributed by atoms with van der Waals surface area (Å²) >= 11 is 3.42. The van der Waals surface area contributed by atoms with Gasteiger partial charge < -0.3 is 5.32 Å². The molecular weight excluding hydrogens is 306 g/mol. The normalized spacial score (nSPS) is 21.2. The Bertz CT molecular complexity index is 605. The lowest BCUT2D eigenvalue weighted by molar-refractivity contribution is -0.117. The largest absolute Gasteiger partial charge is 0.309 e. The molecule has 1 aliphatic carbocycles. The molecule has 1 N–H and O–H groups in total. The zero-order chi connectivity index (χ0) is 13.4. The number of halogens is 1. The Morgan fingerprint density at radius 1 is 1.37 bits per heavy atom. The Hall–Kier alpha value is -1.62. The van der Waals surface area contributed by atoms with Gasteiger partial charge in [-0.25, -0.2) is 0 Å². The third-order valence-corrected chi connectivity index (χ3v) is 3.92. The molecule has 1 aliphatic rings. The van der Waals surface area contributed by atoms with Gasteiger partial charge in [0.2, 0.25) is 5.91 Å². The third-order valence-electron chi connectivity index (χ3n) is 3.39. The molecule has 1 heterocycles. The van der Waals surface area contributed by atoms with Crippen LogP contribution in [0.1, 0.15) is 17.9 Å². The summed E-state index contributed by atoms with van der Waals surface area (Å²) in [6.07, 6.45) is 2.73. The van der Waals surface area contributed by atoms with Crippen LogP contribution >= 0.6 is 15.9 Å². The molecule has 0 unspecified atom stereocenters. The zero-order valence-corrected chi connectivity index (χ0v) is 12.1. The molecule has 0 spiro atoms. The SMILES string of the molecule is Cn1ccc(NC(=O)[C@H]2C[C@@H]2c2ccc(Br)cc2)n1. The smallest absolute Gasteiger partial charge is 0.229 e. The molecule has 4 nitrogen and oxygen atoms in total. The number of hydrogen-bond donors (Lipinski definition) is 1. The van der Waals surface area contributed by atoms with Crippen molar-refractivity contribution in [2.75, 3.05) is 5.32 Å². The van der Waals surface area contributed by atoms with Gasteiger partial charge in [0.1, 0.15) is 0 Å². The molecule has 0 saturated heterocycles. The van der Waals surface area contributed by atoms with Crippen molar-refractivity contribution >= 4 is 27.7 Å². The molecule has 19 heavy (non-hydrogen) atoms. The number of anilines is 1. The second-order valence-electron chi connectivity index (χ2n) is 4.86. The van der Waals surface area contributed by atoms with Crippen LogP contribution in [0.2, 0.25) is 0 Å². The van der Waals surface area contributed by atoms with Gasteiger partial charge in [-0.05, 0) is 30.0 Å². The minimum atomic E-state index is 0.0617. The predicted octanol–water partition coefficient (Wildman–Crippen LogP) is 2.92. The second-order valence-corrected chi connectivity index (χ2v) is 5.78. The highest BCUT2D eigenvalue weighted by Crippen LogP contribution is 2.48. The van der Waals surface area contributed by atoms with Crippen molar-refractivity contribution in [3.63, 3.8) is 0 Å². The average Bonchev–Trinajstić information content (AvgIpc) is 3.08. The van der Waals surface area contributed by atoms with E-state index in [9.17, 15) is 4.79 Å². The lowest BCUT2D eigenvalue weighted by Gasteiger charge is -2.02. The quantitative estimate of drug-likeness (QED) is 0.945. The van der Waals surface area contributed by atoms with Crippen LogP contribution in [0.15, 0.2) is 41.0 Å². The highest BCUT2D eigenvalue weighted by molar-refractivity contribution is 9.10. The number of benzene rings is 1. The first-order chi connectivity index (χ1) is 9.13. The maximum absolute atomic E-state index is 12.1. The minimum Gasteiger partial charge on any atom is -0.309 e. The van der Waals surface area contributed by atoms with E-state index in [-0.39, 0.29) is 11.8 Å². The van der Waals surface area contributed by atoms with E-state index >= 15 is 0 Å². The van der Waals surface area contributed by atoms with Crippen LogP contribution in [0.5, 0.6) is 0 Å². The van der Waals surface area contributed by atoms with E-state index in [1.54, 1.807) is 10.7 Å². The minimum absolute atomic E-state index is 0.0617. The highest BCUT2D eigenvalue weighted by Gasteiger charge is 2.44. The molecule has 2 aromatic rings. The van der Waals surface area contributed by atoms with E-state index in [1.807, 2.05) is 25.4 Å². The van der Waals surface area contributed by atoms with E-state index in [2.05, 4.69) is 38.5 Å². The van der Waals surface area contributed by atoms with E-state index in [1.165, 1.54) is 5.56 Å². The number of nitrogens with zero attached hydrogens (tertiary/aromatic N) is 2. The number of carbonyl (C=O) groups excluding carboxylic acids is 1. The number of nitrogens with one attached hydrogen (secondary N) is 1. The first kappa shape index (κ1) is 12.4. The first-order valence-electron chi connectivity index (χ1n) is 6.19. The van der Waals surface area contributed by atoms with Crippen molar-refractivity contribution in [2.45, 2.75) is 12.3 Å². The predicted molar refractivity (Wildman–Crippen MR) is 76.8 cm³/mol. The van der Waals surface area contributed by atoms with Crippen LogP contribution in [-0.2, 0) is 11.8 Å². The Labute approximate surface area is 119 Å². The maximum atomic E-state index is 12.1. The van der Waals surface area contributed by atoms with Crippen molar-refractivity contribution in [3.05, 3.63) is 46.6 Å². The molecule has 0 aliphatic heterocycles. The number of amides is 1. The van der Waals surface area contributed by atoms with Crippen LogP contribution in [0, 0.1) is 5.92 Å². The molecule has 1 aromatic carbocycles. The van der Waals surface area contributed by atoms with Gasteiger partial charge in [0.25, 0.3) is 0 Å². The summed E-state index contributed by atoms with van der Waals surface area (Å²) in [5.41, 5.74) is 1.23. The van der Waals surface area contributed by atoms with Gasteiger partial charge in [-0.1, -0.05) is 28.1 Å². The van der Waals surface area contributed by atoms with Crippen LogP contribution in [-0.4, -0.2) is 15.7 Å². The van der Waals surface area contributed by atoms with Crippen molar-refractivity contribution in [2.24, 2.45) is 13.0 Å². The van der Waals surface area contributed by atoms with E-state index < -0.39 is 0 Å². The number of hydrogen-bond acceptors (Lipinski definition) is 2. The maximum Gasteiger partial charge on any atom is 0.229 e. The van der Waals surface area contributed by atoms with Crippen molar-refractivity contribution in [1.82, 2.24) is 9.78 Å². The molecule has 5 heteroatoms.